The number of halogens is 2. The number of hydrogen-bond donors (Lipinski definition) is 0. The van der Waals surface area contributed by atoms with Gasteiger partial charge in [-0.15, -0.1) is 0 Å². The van der Waals surface area contributed by atoms with Crippen LogP contribution in [0.2, 0.25) is 5.02 Å². The smallest absolute Gasteiger partial charge is 0.292 e. The van der Waals surface area contributed by atoms with E-state index in [9.17, 15) is 18.5 Å². The lowest BCUT2D eigenvalue weighted by molar-refractivity contribution is -0.385. The molecule has 0 radical (unpaired) electrons. The van der Waals surface area contributed by atoms with Crippen LogP contribution in [0.3, 0.4) is 0 Å². The van der Waals surface area contributed by atoms with Crippen LogP contribution in [0.25, 0.3) is 0 Å². The predicted molar refractivity (Wildman–Crippen MR) is 57.7 cm³/mol. The second-order valence-corrected chi connectivity index (χ2v) is 5.57. The second-order valence-electron chi connectivity index (χ2n) is 2.65. The summed E-state index contributed by atoms with van der Waals surface area (Å²) in [6.07, 6.45) is 0. The van der Waals surface area contributed by atoms with Crippen LogP contribution in [-0.4, -0.2) is 20.5 Å². The zero-order valence-corrected chi connectivity index (χ0v) is 10.1. The molecule has 0 heterocycles. The first-order valence-corrected chi connectivity index (χ1v) is 6.42. The topological polar surface area (TPSA) is 86.5 Å². The number of nitro benzene ring substituents is 1. The maximum Gasteiger partial charge on any atom is 0.292 e. The van der Waals surface area contributed by atoms with E-state index in [1.807, 2.05) is 0 Å². The summed E-state index contributed by atoms with van der Waals surface area (Å²) in [6, 6.07) is 2.02. The van der Waals surface area contributed by atoms with Crippen molar-refractivity contribution in [3.8, 4) is 5.75 Å². The van der Waals surface area contributed by atoms with Gasteiger partial charge in [-0.2, -0.15) is 0 Å². The van der Waals surface area contributed by atoms with Crippen LogP contribution in [0.15, 0.2) is 17.0 Å². The molecule has 0 unspecified atom stereocenters. The van der Waals surface area contributed by atoms with Gasteiger partial charge in [0.1, 0.15) is 15.7 Å². The van der Waals surface area contributed by atoms with Crippen molar-refractivity contribution < 1.29 is 18.1 Å². The molecule has 88 valence electrons. The Hall–Kier alpha value is -1.05. The molecule has 0 saturated heterocycles. The van der Waals surface area contributed by atoms with E-state index in [4.69, 9.17) is 27.0 Å². The summed E-state index contributed by atoms with van der Waals surface area (Å²) in [7, 11) is 2.15. The maximum absolute atomic E-state index is 11.1. The molecule has 0 N–H and O–H groups in total. The monoisotopic (exact) mass is 285 g/mol. The van der Waals surface area contributed by atoms with Crippen molar-refractivity contribution in [1.29, 1.82) is 0 Å². The molecule has 16 heavy (non-hydrogen) atoms. The van der Waals surface area contributed by atoms with E-state index >= 15 is 0 Å². The van der Waals surface area contributed by atoms with Gasteiger partial charge in [0.05, 0.1) is 18.1 Å². The van der Waals surface area contributed by atoms with Crippen LogP contribution in [0, 0.1) is 10.1 Å². The minimum Gasteiger partial charge on any atom is -0.496 e. The fourth-order valence-corrected chi connectivity index (χ4v) is 2.53. The Balaban J connectivity index is 3.63. The zero-order chi connectivity index (χ0) is 12.5. The molecule has 6 nitrogen and oxygen atoms in total. The van der Waals surface area contributed by atoms with Gasteiger partial charge in [-0.1, -0.05) is 11.6 Å². The Kier molecular flexibility index (Phi) is 3.61. The van der Waals surface area contributed by atoms with Crippen molar-refractivity contribution in [2.24, 2.45) is 0 Å². The minimum atomic E-state index is -4.17. The molecule has 0 aliphatic rings. The van der Waals surface area contributed by atoms with E-state index in [1.165, 1.54) is 7.11 Å². The minimum absolute atomic E-state index is 0.0182. The highest BCUT2D eigenvalue weighted by molar-refractivity contribution is 8.13. The highest BCUT2D eigenvalue weighted by Gasteiger charge is 2.25. The second kappa shape index (κ2) is 4.44. The van der Waals surface area contributed by atoms with E-state index in [0.717, 1.165) is 12.1 Å². The molecule has 0 aliphatic carbocycles. The molecule has 1 aromatic rings. The summed E-state index contributed by atoms with van der Waals surface area (Å²) in [5.41, 5.74) is -0.583. The Labute approximate surface area is 100 Å². The number of rotatable bonds is 3. The lowest BCUT2D eigenvalue weighted by Crippen LogP contribution is -1.98. The van der Waals surface area contributed by atoms with Crippen LogP contribution < -0.4 is 4.74 Å². The van der Waals surface area contributed by atoms with Gasteiger partial charge in [-0.3, -0.25) is 10.1 Å². The normalized spacial score (nSPS) is 11.2. The van der Waals surface area contributed by atoms with E-state index < -0.39 is 29.6 Å². The predicted octanol–water partition coefficient (Wildman–Crippen LogP) is 2.18. The van der Waals surface area contributed by atoms with E-state index in [-0.39, 0.29) is 5.75 Å². The average Bonchev–Trinajstić information content (AvgIpc) is 2.15. The number of nitrogens with zero attached hydrogens (tertiary/aromatic N) is 1. The third-order valence-electron chi connectivity index (χ3n) is 1.69. The lowest BCUT2D eigenvalue weighted by atomic mass is 10.3. The van der Waals surface area contributed by atoms with Crippen LogP contribution >= 0.6 is 22.3 Å². The van der Waals surface area contributed by atoms with Crippen LogP contribution in [0.5, 0.6) is 5.75 Å². The molecule has 0 fully saturated rings. The number of ether oxygens (including phenoxy) is 1. The average molecular weight is 286 g/mol. The summed E-state index contributed by atoms with van der Waals surface area (Å²) in [5.74, 6) is -0.0182. The number of hydrogen-bond acceptors (Lipinski definition) is 5. The molecule has 0 saturated carbocycles. The zero-order valence-electron chi connectivity index (χ0n) is 7.81. The van der Waals surface area contributed by atoms with Crippen molar-refractivity contribution in [3.63, 3.8) is 0 Å². The van der Waals surface area contributed by atoms with Crippen LogP contribution in [-0.2, 0) is 9.05 Å². The summed E-state index contributed by atoms with van der Waals surface area (Å²) >= 11 is 5.56. The number of nitro groups is 1. The highest BCUT2D eigenvalue weighted by atomic mass is 35.7. The van der Waals surface area contributed by atoms with E-state index in [2.05, 4.69) is 0 Å². The summed E-state index contributed by atoms with van der Waals surface area (Å²) in [4.78, 5) is 9.22. The molecule has 0 aromatic heterocycles. The fourth-order valence-electron chi connectivity index (χ4n) is 0.987. The molecule has 1 aromatic carbocycles. The molecule has 0 amide bonds. The largest absolute Gasteiger partial charge is 0.496 e. The van der Waals surface area contributed by atoms with Gasteiger partial charge < -0.3 is 4.74 Å². The highest BCUT2D eigenvalue weighted by Crippen LogP contribution is 2.36. The standard InChI is InChI=1S/C7H5Cl2NO5S/c1-15-4-2-5(10(11)12)7(8)6(3-4)16(9,13)14/h2-3H,1H3. The lowest BCUT2D eigenvalue weighted by Gasteiger charge is -2.04. The van der Waals surface area contributed by atoms with Gasteiger partial charge in [-0.25, -0.2) is 8.42 Å². The summed E-state index contributed by atoms with van der Waals surface area (Å²) in [5, 5.41) is 10.1. The van der Waals surface area contributed by atoms with E-state index in [0.29, 0.717) is 0 Å². The van der Waals surface area contributed by atoms with Gasteiger partial charge in [0.25, 0.3) is 14.7 Å². The first-order valence-electron chi connectivity index (χ1n) is 3.74. The van der Waals surface area contributed by atoms with Gasteiger partial charge in [0, 0.05) is 16.7 Å². The van der Waals surface area contributed by atoms with Crippen molar-refractivity contribution in [2.45, 2.75) is 4.90 Å². The van der Waals surface area contributed by atoms with Crippen LogP contribution in [0.1, 0.15) is 0 Å². The van der Waals surface area contributed by atoms with Crippen molar-refractivity contribution in [2.75, 3.05) is 7.11 Å². The third-order valence-corrected chi connectivity index (χ3v) is 3.54. The van der Waals surface area contributed by atoms with Gasteiger partial charge in [0.2, 0.25) is 0 Å². The molecule has 0 atom stereocenters. The first-order chi connectivity index (χ1) is 7.27. The Morgan fingerprint density at radius 2 is 2.00 bits per heavy atom. The number of methoxy groups -OCH3 is 1. The van der Waals surface area contributed by atoms with Gasteiger partial charge in [-0.05, 0) is 0 Å². The molecule has 9 heteroatoms. The molecule has 1 rings (SSSR count). The molecule has 0 spiro atoms. The van der Waals surface area contributed by atoms with Crippen molar-refractivity contribution in [3.05, 3.63) is 27.3 Å². The number of benzene rings is 1. The molecular formula is C7H5Cl2NO5S. The van der Waals surface area contributed by atoms with Crippen LogP contribution in [0.4, 0.5) is 5.69 Å². The molecule has 0 aliphatic heterocycles. The van der Waals surface area contributed by atoms with Gasteiger partial charge in [0.15, 0.2) is 0 Å². The third kappa shape index (κ3) is 2.55. The summed E-state index contributed by atoms with van der Waals surface area (Å²) in [6.45, 7) is 0. The first kappa shape index (κ1) is 13.0. The van der Waals surface area contributed by atoms with Crippen molar-refractivity contribution in [1.82, 2.24) is 0 Å². The summed E-state index contributed by atoms with van der Waals surface area (Å²) < 4.78 is 26.9. The Morgan fingerprint density at radius 1 is 1.44 bits per heavy atom. The fraction of sp³-hybridized carbons (Fsp3) is 0.143. The maximum atomic E-state index is 11.1. The molecule has 0 bridgehead atoms. The van der Waals surface area contributed by atoms with Gasteiger partial charge >= 0.3 is 0 Å². The van der Waals surface area contributed by atoms with E-state index in [1.54, 1.807) is 0 Å². The quantitative estimate of drug-likeness (QED) is 0.483. The Morgan fingerprint density at radius 3 is 2.38 bits per heavy atom. The molecular weight excluding hydrogens is 281 g/mol. The SMILES string of the molecule is COc1cc([N+](=O)[O-])c(Cl)c(S(=O)(=O)Cl)c1. The Bertz CT molecular complexity index is 542. The van der Waals surface area contributed by atoms with Crippen molar-refractivity contribution >= 4 is 37.0 Å².